The third kappa shape index (κ3) is 2.57. The molecule has 0 amide bonds. The molecular formula is C13H22N2O2. The molecule has 0 N–H and O–H groups in total. The molecule has 0 saturated carbocycles. The molecule has 1 heterocycles. The van der Waals surface area contributed by atoms with Crippen LogP contribution in [0.4, 0.5) is 0 Å². The summed E-state index contributed by atoms with van der Waals surface area (Å²) in [6.45, 7) is 6.84. The van der Waals surface area contributed by atoms with Crippen molar-refractivity contribution in [3.63, 3.8) is 0 Å². The van der Waals surface area contributed by atoms with Gasteiger partial charge in [0.2, 0.25) is 5.78 Å². The maximum absolute atomic E-state index is 12.5. The quantitative estimate of drug-likeness (QED) is 0.686. The predicted molar refractivity (Wildman–Crippen MR) is 67.2 cm³/mol. The number of hydrogen-bond acceptors (Lipinski definition) is 3. The molecule has 0 aliphatic rings. The molecule has 0 saturated heterocycles. The minimum Gasteiger partial charge on any atom is -0.370 e. The van der Waals surface area contributed by atoms with Gasteiger partial charge in [0, 0.05) is 26.0 Å². The van der Waals surface area contributed by atoms with E-state index in [1.807, 2.05) is 24.6 Å². The van der Waals surface area contributed by atoms with Gasteiger partial charge in [0.25, 0.3) is 0 Å². The maximum atomic E-state index is 12.5. The Morgan fingerprint density at radius 1 is 1.41 bits per heavy atom. The van der Waals surface area contributed by atoms with E-state index in [0.29, 0.717) is 18.7 Å². The number of ketones is 1. The van der Waals surface area contributed by atoms with Crippen LogP contribution < -0.4 is 0 Å². The Kier molecular flexibility index (Phi) is 4.87. The Balaban J connectivity index is 3.05. The van der Waals surface area contributed by atoms with Crippen LogP contribution >= 0.6 is 0 Å². The van der Waals surface area contributed by atoms with Gasteiger partial charge in [-0.25, -0.2) is 4.98 Å². The fraction of sp³-hybridized carbons (Fsp3) is 0.692. The van der Waals surface area contributed by atoms with E-state index in [4.69, 9.17) is 4.74 Å². The zero-order chi connectivity index (χ0) is 12.9. The smallest absolute Gasteiger partial charge is 0.229 e. The number of hydrogen-bond donors (Lipinski definition) is 0. The third-order valence-electron chi connectivity index (χ3n) is 3.33. The minimum atomic E-state index is -0.725. The molecule has 0 spiro atoms. The molecule has 0 fully saturated rings. The average Bonchev–Trinajstić information content (AvgIpc) is 2.80. The topological polar surface area (TPSA) is 44.1 Å². The Morgan fingerprint density at radius 3 is 2.53 bits per heavy atom. The summed E-state index contributed by atoms with van der Waals surface area (Å²) in [5, 5.41) is 0. The molecule has 0 radical (unpaired) electrons. The molecule has 1 aromatic rings. The monoisotopic (exact) mass is 238 g/mol. The van der Waals surface area contributed by atoms with E-state index in [1.165, 1.54) is 0 Å². The normalized spacial score (nSPS) is 11.8. The molecule has 0 aliphatic carbocycles. The van der Waals surface area contributed by atoms with Gasteiger partial charge in [0.15, 0.2) is 5.82 Å². The van der Waals surface area contributed by atoms with Crippen LogP contribution in [0.5, 0.6) is 0 Å². The lowest BCUT2D eigenvalue weighted by molar-refractivity contribution is -0.00378. The Labute approximate surface area is 103 Å². The van der Waals surface area contributed by atoms with Gasteiger partial charge in [-0.3, -0.25) is 4.79 Å². The van der Waals surface area contributed by atoms with E-state index >= 15 is 0 Å². The number of imidazole rings is 1. The molecule has 17 heavy (non-hydrogen) atoms. The number of nitrogens with zero attached hydrogens (tertiary/aromatic N) is 2. The Hall–Kier alpha value is -1.16. The lowest BCUT2D eigenvalue weighted by Crippen LogP contribution is -2.41. The largest absolute Gasteiger partial charge is 0.370 e. The van der Waals surface area contributed by atoms with E-state index in [9.17, 15) is 4.79 Å². The number of carbonyl (C=O) groups excluding carboxylic acids is 1. The zero-order valence-electron chi connectivity index (χ0n) is 11.2. The maximum Gasteiger partial charge on any atom is 0.229 e. The fourth-order valence-corrected chi connectivity index (χ4v) is 2.10. The van der Waals surface area contributed by atoms with E-state index in [1.54, 1.807) is 13.3 Å². The zero-order valence-corrected chi connectivity index (χ0v) is 11.2. The number of rotatable bonds is 7. The van der Waals surface area contributed by atoms with Crippen molar-refractivity contribution in [1.29, 1.82) is 0 Å². The second-order valence-corrected chi connectivity index (χ2v) is 4.18. The molecule has 0 atom stereocenters. The molecule has 0 bridgehead atoms. The lowest BCUT2D eigenvalue weighted by atomic mass is 9.91. The van der Waals surface area contributed by atoms with Crippen LogP contribution in [0.25, 0.3) is 0 Å². The Morgan fingerprint density at radius 2 is 2.06 bits per heavy atom. The van der Waals surface area contributed by atoms with Crippen molar-refractivity contribution in [2.24, 2.45) is 0 Å². The molecule has 0 unspecified atom stereocenters. The van der Waals surface area contributed by atoms with Crippen molar-refractivity contribution in [1.82, 2.24) is 9.55 Å². The summed E-state index contributed by atoms with van der Waals surface area (Å²) in [4.78, 5) is 16.7. The molecular weight excluding hydrogens is 216 g/mol. The summed E-state index contributed by atoms with van der Waals surface area (Å²) in [5.41, 5.74) is -0.725. The van der Waals surface area contributed by atoms with Crippen LogP contribution in [0.15, 0.2) is 12.4 Å². The number of aromatic nitrogens is 2. The van der Waals surface area contributed by atoms with Crippen molar-refractivity contribution in [3.8, 4) is 0 Å². The van der Waals surface area contributed by atoms with Gasteiger partial charge in [-0.15, -0.1) is 0 Å². The van der Waals surface area contributed by atoms with Gasteiger partial charge >= 0.3 is 0 Å². The van der Waals surface area contributed by atoms with Gasteiger partial charge < -0.3 is 9.30 Å². The van der Waals surface area contributed by atoms with Crippen molar-refractivity contribution >= 4 is 5.78 Å². The average molecular weight is 238 g/mol. The van der Waals surface area contributed by atoms with Gasteiger partial charge in [-0.1, -0.05) is 20.8 Å². The van der Waals surface area contributed by atoms with E-state index in [0.717, 1.165) is 13.0 Å². The van der Waals surface area contributed by atoms with Crippen molar-refractivity contribution < 1.29 is 9.53 Å². The SMILES string of the molecule is CCCn1ccnc1C(=O)C(CC)(CC)OC. The standard InChI is InChI=1S/C13H22N2O2/c1-5-9-15-10-8-14-12(15)11(16)13(6-2,7-3)17-4/h8,10H,5-7,9H2,1-4H3. The van der Waals surface area contributed by atoms with Crippen LogP contribution in [0, 0.1) is 0 Å². The van der Waals surface area contributed by atoms with E-state index < -0.39 is 5.60 Å². The molecule has 1 rings (SSSR count). The number of aryl methyl sites for hydroxylation is 1. The molecule has 4 nitrogen and oxygen atoms in total. The first-order valence-corrected chi connectivity index (χ1v) is 6.26. The summed E-state index contributed by atoms with van der Waals surface area (Å²) in [5.74, 6) is 0.501. The first-order valence-electron chi connectivity index (χ1n) is 6.26. The lowest BCUT2D eigenvalue weighted by Gasteiger charge is -2.28. The highest BCUT2D eigenvalue weighted by Crippen LogP contribution is 2.24. The van der Waals surface area contributed by atoms with Gasteiger partial charge in [0.05, 0.1) is 0 Å². The Bertz CT molecular complexity index is 359. The summed E-state index contributed by atoms with van der Waals surface area (Å²) >= 11 is 0. The molecule has 1 aromatic heterocycles. The third-order valence-corrected chi connectivity index (χ3v) is 3.33. The molecule has 0 aromatic carbocycles. The van der Waals surface area contributed by atoms with Crippen molar-refractivity contribution in [2.45, 2.75) is 52.2 Å². The summed E-state index contributed by atoms with van der Waals surface area (Å²) in [6.07, 6.45) is 5.83. The molecule has 4 heteroatoms. The van der Waals surface area contributed by atoms with Crippen LogP contribution in [-0.4, -0.2) is 28.0 Å². The summed E-state index contributed by atoms with van der Waals surface area (Å²) < 4.78 is 7.36. The molecule has 96 valence electrons. The summed E-state index contributed by atoms with van der Waals surface area (Å²) in [7, 11) is 1.60. The number of Topliss-reactive ketones (excluding diaryl/α,β-unsaturated/α-hetero) is 1. The van der Waals surface area contributed by atoms with Gasteiger partial charge in [-0.2, -0.15) is 0 Å². The predicted octanol–water partition coefficient (Wildman–Crippen LogP) is 2.68. The highest BCUT2D eigenvalue weighted by atomic mass is 16.5. The minimum absolute atomic E-state index is 0.0107. The number of methoxy groups -OCH3 is 1. The van der Waals surface area contributed by atoms with Gasteiger partial charge in [0.1, 0.15) is 5.60 Å². The van der Waals surface area contributed by atoms with Crippen LogP contribution in [-0.2, 0) is 11.3 Å². The molecule has 0 aliphatic heterocycles. The first-order chi connectivity index (χ1) is 8.15. The van der Waals surface area contributed by atoms with Crippen LogP contribution in [0.3, 0.4) is 0 Å². The number of ether oxygens (including phenoxy) is 1. The van der Waals surface area contributed by atoms with E-state index in [-0.39, 0.29) is 5.78 Å². The number of carbonyl (C=O) groups is 1. The van der Waals surface area contributed by atoms with Gasteiger partial charge in [-0.05, 0) is 19.3 Å². The second kappa shape index (κ2) is 5.96. The van der Waals surface area contributed by atoms with E-state index in [2.05, 4.69) is 11.9 Å². The van der Waals surface area contributed by atoms with Crippen molar-refractivity contribution in [2.75, 3.05) is 7.11 Å². The van der Waals surface area contributed by atoms with Crippen molar-refractivity contribution in [3.05, 3.63) is 18.2 Å². The highest BCUT2D eigenvalue weighted by Gasteiger charge is 2.37. The van der Waals surface area contributed by atoms with Crippen LogP contribution in [0.2, 0.25) is 0 Å². The fourth-order valence-electron chi connectivity index (χ4n) is 2.10. The summed E-state index contributed by atoms with van der Waals surface area (Å²) in [6, 6.07) is 0. The first kappa shape index (κ1) is 13.9. The van der Waals surface area contributed by atoms with Crippen LogP contribution in [0.1, 0.15) is 50.7 Å². The highest BCUT2D eigenvalue weighted by molar-refractivity contribution is 5.99. The second-order valence-electron chi connectivity index (χ2n) is 4.18.